The fourth-order valence-electron chi connectivity index (χ4n) is 3.38. The first-order chi connectivity index (χ1) is 17.9. The number of methoxy groups -OCH3 is 1. The van der Waals surface area contributed by atoms with Gasteiger partial charge in [-0.15, -0.1) is 0 Å². The molecular weight excluding hydrogens is 494 g/mol. The Kier molecular flexibility index (Phi) is 8.32. The lowest BCUT2D eigenvalue weighted by Gasteiger charge is -2.09. The summed E-state index contributed by atoms with van der Waals surface area (Å²) in [5.41, 5.74) is 1.76. The highest BCUT2D eigenvalue weighted by molar-refractivity contribution is 8.15. The number of thioether (sulfide) groups is 1. The Bertz CT molecular complexity index is 1340. The summed E-state index contributed by atoms with van der Waals surface area (Å²) in [5.74, 6) is -1.13. The van der Waals surface area contributed by atoms with Gasteiger partial charge in [0.25, 0.3) is 0 Å². The number of para-hydroxylation sites is 1. The number of hydrogen-bond donors (Lipinski definition) is 2. The van der Waals surface area contributed by atoms with Crippen molar-refractivity contribution in [1.29, 1.82) is 0 Å². The van der Waals surface area contributed by atoms with Gasteiger partial charge in [0.15, 0.2) is 17.6 Å². The predicted octanol–water partition coefficient (Wildman–Crippen LogP) is 3.98. The highest BCUT2D eigenvalue weighted by Gasteiger charge is 2.32. The van der Waals surface area contributed by atoms with E-state index in [-0.39, 0.29) is 29.6 Å². The normalized spacial score (nSPS) is 15.6. The van der Waals surface area contributed by atoms with Gasteiger partial charge < -0.3 is 20.1 Å². The van der Waals surface area contributed by atoms with Gasteiger partial charge in [0.05, 0.1) is 18.4 Å². The fraction of sp³-hybridized carbons (Fsp3) is 0.148. The van der Waals surface area contributed by atoms with Crippen LogP contribution in [0.5, 0.6) is 5.75 Å². The summed E-state index contributed by atoms with van der Waals surface area (Å²) in [5, 5.41) is 5.25. The maximum absolute atomic E-state index is 12.5. The molecule has 0 spiro atoms. The standard InChI is InChI=1S/C27H23N3O6S/c1-35-21-9-5-6-18(14-21)22(31)16-36-26(34)17-10-12-20(13-11-17)28-24(32)15-23-25(33)30-27(37-23)29-19-7-3-2-4-8-19/h2-14,23H,15-16H2,1H3,(H,28,32)(H,29,30,33). The lowest BCUT2D eigenvalue weighted by molar-refractivity contribution is -0.122. The van der Waals surface area contributed by atoms with Crippen molar-refractivity contribution >= 4 is 51.9 Å². The van der Waals surface area contributed by atoms with Crippen LogP contribution in [0.15, 0.2) is 83.9 Å². The van der Waals surface area contributed by atoms with Crippen molar-refractivity contribution in [1.82, 2.24) is 5.32 Å². The Hall–Kier alpha value is -4.44. The smallest absolute Gasteiger partial charge is 0.338 e. The summed E-state index contributed by atoms with van der Waals surface area (Å²) < 4.78 is 10.2. The van der Waals surface area contributed by atoms with Gasteiger partial charge in [0.2, 0.25) is 11.8 Å². The van der Waals surface area contributed by atoms with E-state index < -0.39 is 17.8 Å². The van der Waals surface area contributed by atoms with Crippen LogP contribution in [0.25, 0.3) is 0 Å². The number of amides is 2. The Balaban J connectivity index is 1.26. The van der Waals surface area contributed by atoms with Gasteiger partial charge in [0.1, 0.15) is 11.0 Å². The van der Waals surface area contributed by atoms with E-state index in [2.05, 4.69) is 15.6 Å². The summed E-state index contributed by atoms with van der Waals surface area (Å²) in [4.78, 5) is 53.7. The van der Waals surface area contributed by atoms with Gasteiger partial charge in [0, 0.05) is 17.7 Å². The molecule has 2 amide bonds. The van der Waals surface area contributed by atoms with Crippen molar-refractivity contribution in [3.8, 4) is 5.75 Å². The number of benzene rings is 3. The maximum atomic E-state index is 12.5. The van der Waals surface area contributed by atoms with Gasteiger partial charge >= 0.3 is 5.97 Å². The third kappa shape index (κ3) is 7.05. The first kappa shape index (κ1) is 25.6. The van der Waals surface area contributed by atoms with E-state index in [1.807, 2.05) is 30.3 Å². The molecular formula is C27H23N3O6S. The summed E-state index contributed by atoms with van der Waals surface area (Å²) in [6.45, 7) is -0.416. The molecule has 3 aromatic rings. The van der Waals surface area contributed by atoms with Crippen molar-refractivity contribution in [3.05, 3.63) is 90.0 Å². The Labute approximate surface area is 217 Å². The van der Waals surface area contributed by atoms with Gasteiger partial charge in [-0.1, -0.05) is 42.1 Å². The molecule has 0 saturated carbocycles. The molecule has 1 aliphatic rings. The van der Waals surface area contributed by atoms with E-state index in [4.69, 9.17) is 9.47 Å². The molecule has 1 unspecified atom stereocenters. The average Bonchev–Trinajstić information content (AvgIpc) is 3.25. The molecule has 1 heterocycles. The SMILES string of the molecule is COc1cccc(C(=O)COC(=O)c2ccc(NC(=O)CC3SC(=Nc4ccccc4)NC3=O)cc2)c1. The zero-order valence-corrected chi connectivity index (χ0v) is 20.6. The number of ether oxygens (including phenoxy) is 2. The van der Waals surface area contributed by atoms with Crippen LogP contribution in [0.1, 0.15) is 27.1 Å². The lowest BCUT2D eigenvalue weighted by Crippen LogP contribution is -2.28. The van der Waals surface area contributed by atoms with Crippen LogP contribution in [0.2, 0.25) is 0 Å². The fourth-order valence-corrected chi connectivity index (χ4v) is 4.36. The van der Waals surface area contributed by atoms with E-state index in [1.54, 1.807) is 36.4 Å². The topological polar surface area (TPSA) is 123 Å². The molecule has 0 aliphatic carbocycles. The quantitative estimate of drug-likeness (QED) is 0.325. The lowest BCUT2D eigenvalue weighted by atomic mass is 10.1. The van der Waals surface area contributed by atoms with Crippen LogP contribution in [0, 0.1) is 0 Å². The number of aliphatic imine (C=N–C) groups is 1. The van der Waals surface area contributed by atoms with E-state index in [0.717, 1.165) is 0 Å². The molecule has 1 saturated heterocycles. The monoisotopic (exact) mass is 517 g/mol. The van der Waals surface area contributed by atoms with Crippen molar-refractivity contribution in [2.24, 2.45) is 4.99 Å². The van der Waals surface area contributed by atoms with Gasteiger partial charge in [-0.05, 0) is 48.5 Å². The summed E-state index contributed by atoms with van der Waals surface area (Å²) in [6, 6.07) is 21.8. The van der Waals surface area contributed by atoms with Gasteiger partial charge in [-0.2, -0.15) is 0 Å². The van der Waals surface area contributed by atoms with E-state index in [0.29, 0.717) is 27.9 Å². The molecule has 188 valence electrons. The highest BCUT2D eigenvalue weighted by Crippen LogP contribution is 2.25. The summed E-state index contributed by atoms with van der Waals surface area (Å²) >= 11 is 1.20. The second-order valence-electron chi connectivity index (χ2n) is 7.91. The number of carbonyl (C=O) groups excluding carboxylic acids is 4. The molecule has 3 aromatic carbocycles. The number of ketones is 1. The van der Waals surface area contributed by atoms with E-state index in [1.165, 1.54) is 31.0 Å². The molecule has 9 nitrogen and oxygen atoms in total. The Morgan fingerprint density at radius 3 is 2.46 bits per heavy atom. The molecule has 0 aromatic heterocycles. The minimum atomic E-state index is -0.668. The molecule has 0 radical (unpaired) electrons. The van der Waals surface area contributed by atoms with Crippen molar-refractivity contribution < 1.29 is 28.7 Å². The average molecular weight is 518 g/mol. The molecule has 1 fully saturated rings. The number of rotatable bonds is 9. The first-order valence-corrected chi connectivity index (χ1v) is 12.1. The molecule has 1 aliphatic heterocycles. The highest BCUT2D eigenvalue weighted by atomic mass is 32.2. The number of anilines is 1. The van der Waals surface area contributed by atoms with Crippen molar-refractivity contribution in [2.75, 3.05) is 19.0 Å². The Morgan fingerprint density at radius 1 is 0.973 bits per heavy atom. The van der Waals surface area contributed by atoms with Crippen LogP contribution < -0.4 is 15.4 Å². The Morgan fingerprint density at radius 2 is 1.73 bits per heavy atom. The predicted molar refractivity (Wildman–Crippen MR) is 140 cm³/mol. The largest absolute Gasteiger partial charge is 0.497 e. The third-order valence-corrected chi connectivity index (χ3v) is 6.35. The van der Waals surface area contributed by atoms with Crippen LogP contribution in [0.3, 0.4) is 0 Å². The molecule has 1 atom stereocenters. The number of carbonyl (C=O) groups is 4. The van der Waals surface area contributed by atoms with E-state index in [9.17, 15) is 19.2 Å². The van der Waals surface area contributed by atoms with Crippen LogP contribution in [-0.2, 0) is 14.3 Å². The number of amidine groups is 1. The minimum absolute atomic E-state index is 0.0412. The summed E-state index contributed by atoms with van der Waals surface area (Å²) in [6.07, 6.45) is -0.0412. The number of nitrogens with one attached hydrogen (secondary N) is 2. The van der Waals surface area contributed by atoms with Gasteiger partial charge in [-0.25, -0.2) is 9.79 Å². The summed E-state index contributed by atoms with van der Waals surface area (Å²) in [7, 11) is 1.50. The molecule has 10 heteroatoms. The second kappa shape index (κ2) is 12.0. The van der Waals surface area contributed by atoms with Crippen molar-refractivity contribution in [2.45, 2.75) is 11.7 Å². The van der Waals surface area contributed by atoms with Crippen LogP contribution >= 0.6 is 11.8 Å². The van der Waals surface area contributed by atoms with Crippen molar-refractivity contribution in [3.63, 3.8) is 0 Å². The zero-order valence-electron chi connectivity index (χ0n) is 19.8. The molecule has 4 rings (SSSR count). The molecule has 37 heavy (non-hydrogen) atoms. The number of hydrogen-bond acceptors (Lipinski definition) is 8. The number of Topliss-reactive ketones (excluding diaryl/α,β-unsaturated/α-hetero) is 1. The first-order valence-electron chi connectivity index (χ1n) is 11.3. The number of esters is 1. The maximum Gasteiger partial charge on any atom is 0.338 e. The van der Waals surface area contributed by atoms with Crippen LogP contribution in [-0.4, -0.2) is 47.7 Å². The van der Waals surface area contributed by atoms with E-state index >= 15 is 0 Å². The third-order valence-electron chi connectivity index (χ3n) is 5.26. The van der Waals surface area contributed by atoms with Gasteiger partial charge in [-0.3, -0.25) is 14.4 Å². The molecule has 2 N–H and O–H groups in total. The zero-order chi connectivity index (χ0) is 26.2. The number of nitrogens with zero attached hydrogens (tertiary/aromatic N) is 1. The van der Waals surface area contributed by atoms with Crippen LogP contribution in [0.4, 0.5) is 11.4 Å². The molecule has 0 bridgehead atoms. The minimum Gasteiger partial charge on any atom is -0.497 e. The second-order valence-corrected chi connectivity index (χ2v) is 9.10.